The third-order valence-electron chi connectivity index (χ3n) is 4.09. The van der Waals surface area contributed by atoms with Crippen molar-refractivity contribution in [1.29, 1.82) is 0 Å². The third-order valence-corrected chi connectivity index (χ3v) is 4.96. The number of nitrogens with zero attached hydrogens (tertiary/aromatic N) is 2. The van der Waals surface area contributed by atoms with Crippen LogP contribution in [0.5, 0.6) is 0 Å². The number of rotatable bonds is 4. The van der Waals surface area contributed by atoms with Crippen molar-refractivity contribution in [3.63, 3.8) is 0 Å². The van der Waals surface area contributed by atoms with E-state index in [9.17, 15) is 4.79 Å². The molecule has 0 bridgehead atoms. The van der Waals surface area contributed by atoms with E-state index in [1.54, 1.807) is 5.38 Å². The van der Waals surface area contributed by atoms with Gasteiger partial charge in [-0.05, 0) is 12.8 Å². The van der Waals surface area contributed by atoms with Gasteiger partial charge in [-0.1, -0.05) is 25.7 Å². The number of nitrogens with one attached hydrogen (secondary N) is 2. The van der Waals surface area contributed by atoms with Gasteiger partial charge in [-0.2, -0.15) is 5.10 Å². The Morgan fingerprint density at radius 3 is 2.82 bits per heavy atom. The minimum Gasteiger partial charge on any atom is -0.325 e. The van der Waals surface area contributed by atoms with Crippen molar-refractivity contribution in [2.24, 2.45) is 5.73 Å². The zero-order valence-electron chi connectivity index (χ0n) is 12.5. The summed E-state index contributed by atoms with van der Waals surface area (Å²) in [7, 11) is 0. The second-order valence-corrected chi connectivity index (χ2v) is 6.62. The van der Waals surface area contributed by atoms with Crippen LogP contribution in [0.1, 0.15) is 65.6 Å². The third kappa shape index (κ3) is 3.53. The number of hydrogen-bond acceptors (Lipinski definition) is 5. The van der Waals surface area contributed by atoms with Crippen LogP contribution in [0.25, 0.3) is 0 Å². The molecule has 4 N–H and O–H groups in total. The van der Waals surface area contributed by atoms with Crippen LogP contribution >= 0.6 is 11.3 Å². The van der Waals surface area contributed by atoms with Crippen LogP contribution in [0.15, 0.2) is 11.4 Å². The van der Waals surface area contributed by atoms with Crippen LogP contribution in [-0.4, -0.2) is 21.1 Å². The number of nitrogens with two attached hydrogens (primary N) is 1. The van der Waals surface area contributed by atoms with Gasteiger partial charge >= 0.3 is 0 Å². The Hall–Kier alpha value is -1.73. The Kier molecular flexibility index (Phi) is 4.84. The van der Waals surface area contributed by atoms with Crippen LogP contribution in [0.2, 0.25) is 0 Å². The first-order valence-electron chi connectivity index (χ1n) is 7.77. The molecule has 1 amide bonds. The molecular weight excluding hydrogens is 298 g/mol. The van der Waals surface area contributed by atoms with E-state index in [0.29, 0.717) is 24.0 Å². The molecule has 2 aromatic heterocycles. The summed E-state index contributed by atoms with van der Waals surface area (Å²) >= 11 is 1.39. The first kappa shape index (κ1) is 15.2. The Morgan fingerprint density at radius 2 is 2.14 bits per heavy atom. The maximum Gasteiger partial charge on any atom is 0.276 e. The SMILES string of the molecule is NCc1nc(C(=O)Nc2cc(C3CCCCCC3)[nH]n2)cs1. The van der Waals surface area contributed by atoms with E-state index in [4.69, 9.17) is 5.73 Å². The summed E-state index contributed by atoms with van der Waals surface area (Å²) in [5.41, 5.74) is 7.03. The summed E-state index contributed by atoms with van der Waals surface area (Å²) in [4.78, 5) is 16.3. The monoisotopic (exact) mass is 319 g/mol. The van der Waals surface area contributed by atoms with Crippen LogP contribution < -0.4 is 11.1 Å². The first-order chi connectivity index (χ1) is 10.8. The van der Waals surface area contributed by atoms with Gasteiger partial charge in [-0.15, -0.1) is 11.3 Å². The molecule has 7 heteroatoms. The number of carbonyl (C=O) groups is 1. The fraction of sp³-hybridized carbons (Fsp3) is 0.533. The number of aromatic nitrogens is 3. The first-order valence-corrected chi connectivity index (χ1v) is 8.65. The summed E-state index contributed by atoms with van der Waals surface area (Å²) in [6, 6.07) is 1.95. The molecule has 0 saturated heterocycles. The van der Waals surface area contributed by atoms with E-state index < -0.39 is 0 Å². The molecule has 118 valence electrons. The second kappa shape index (κ2) is 7.02. The minimum absolute atomic E-state index is 0.241. The van der Waals surface area contributed by atoms with Gasteiger partial charge in [0.2, 0.25) is 0 Å². The van der Waals surface area contributed by atoms with E-state index in [0.717, 1.165) is 10.7 Å². The number of aromatic amines is 1. The van der Waals surface area contributed by atoms with Gasteiger partial charge in [-0.3, -0.25) is 9.89 Å². The van der Waals surface area contributed by atoms with Gasteiger partial charge in [0.25, 0.3) is 5.91 Å². The lowest BCUT2D eigenvalue weighted by molar-refractivity contribution is 0.102. The molecule has 1 aliphatic carbocycles. The van der Waals surface area contributed by atoms with Gasteiger partial charge in [0.15, 0.2) is 5.82 Å². The molecule has 0 unspecified atom stereocenters. The van der Waals surface area contributed by atoms with Crippen molar-refractivity contribution in [2.75, 3.05) is 5.32 Å². The van der Waals surface area contributed by atoms with Gasteiger partial charge in [0.05, 0.1) is 0 Å². The maximum atomic E-state index is 12.1. The topological polar surface area (TPSA) is 96.7 Å². The normalized spacial score (nSPS) is 16.4. The van der Waals surface area contributed by atoms with Crippen molar-refractivity contribution >= 4 is 23.1 Å². The zero-order valence-corrected chi connectivity index (χ0v) is 13.3. The van der Waals surface area contributed by atoms with Gasteiger partial charge in [0.1, 0.15) is 10.7 Å². The molecular formula is C15H21N5OS. The molecule has 1 fully saturated rings. The highest BCUT2D eigenvalue weighted by atomic mass is 32.1. The quantitative estimate of drug-likeness (QED) is 0.755. The maximum absolute atomic E-state index is 12.1. The smallest absolute Gasteiger partial charge is 0.276 e. The van der Waals surface area contributed by atoms with Crippen LogP contribution in [0.4, 0.5) is 5.82 Å². The summed E-state index contributed by atoms with van der Waals surface area (Å²) in [5, 5.41) is 12.5. The van der Waals surface area contributed by atoms with E-state index >= 15 is 0 Å². The fourth-order valence-electron chi connectivity index (χ4n) is 2.89. The Labute approximate surface area is 133 Å². The molecule has 6 nitrogen and oxygen atoms in total. The summed E-state index contributed by atoms with van der Waals surface area (Å²) in [6.45, 7) is 0.353. The average molecular weight is 319 g/mol. The van der Waals surface area contributed by atoms with Crippen molar-refractivity contribution in [2.45, 2.75) is 51.0 Å². The molecule has 1 saturated carbocycles. The van der Waals surface area contributed by atoms with Gasteiger partial charge in [-0.25, -0.2) is 4.98 Å². The van der Waals surface area contributed by atoms with Crippen LogP contribution in [0, 0.1) is 0 Å². The predicted octanol–water partition coefficient (Wildman–Crippen LogP) is 3.02. The fourth-order valence-corrected chi connectivity index (χ4v) is 3.54. The highest BCUT2D eigenvalue weighted by Crippen LogP contribution is 2.31. The highest BCUT2D eigenvalue weighted by molar-refractivity contribution is 7.09. The highest BCUT2D eigenvalue weighted by Gasteiger charge is 2.18. The van der Waals surface area contributed by atoms with Crippen molar-refractivity contribution in [1.82, 2.24) is 15.2 Å². The standard InChI is InChI=1S/C15H21N5OS/c16-8-14-17-12(9-22-14)15(21)18-13-7-11(19-20-13)10-5-3-1-2-4-6-10/h7,9-10H,1-6,8,16H2,(H2,18,19,20,21). The number of thiazole rings is 1. The lowest BCUT2D eigenvalue weighted by Gasteiger charge is -2.10. The van der Waals surface area contributed by atoms with Gasteiger partial charge < -0.3 is 11.1 Å². The molecule has 0 radical (unpaired) electrons. The predicted molar refractivity (Wildman–Crippen MR) is 87.0 cm³/mol. The molecule has 0 spiro atoms. The number of H-pyrrole nitrogens is 1. The van der Waals surface area contributed by atoms with E-state index in [1.165, 1.54) is 49.9 Å². The van der Waals surface area contributed by atoms with E-state index in [2.05, 4.69) is 20.5 Å². The summed E-state index contributed by atoms with van der Waals surface area (Å²) in [5.74, 6) is 0.852. The van der Waals surface area contributed by atoms with Crippen molar-refractivity contribution in [3.05, 3.63) is 27.8 Å². The summed E-state index contributed by atoms with van der Waals surface area (Å²) < 4.78 is 0. The number of hydrogen-bond donors (Lipinski definition) is 3. The molecule has 22 heavy (non-hydrogen) atoms. The lowest BCUT2D eigenvalue weighted by Crippen LogP contribution is -2.13. The van der Waals surface area contributed by atoms with Crippen molar-refractivity contribution in [3.8, 4) is 0 Å². The number of amides is 1. The molecule has 0 aliphatic heterocycles. The molecule has 0 aromatic carbocycles. The van der Waals surface area contributed by atoms with Crippen molar-refractivity contribution < 1.29 is 4.79 Å². The zero-order chi connectivity index (χ0) is 15.4. The van der Waals surface area contributed by atoms with E-state index in [1.807, 2.05) is 6.07 Å². The van der Waals surface area contributed by atoms with Crippen LogP contribution in [-0.2, 0) is 6.54 Å². The Bertz CT molecular complexity index is 627. The Morgan fingerprint density at radius 1 is 1.36 bits per heavy atom. The molecule has 0 atom stereocenters. The number of carbonyl (C=O) groups excluding carboxylic acids is 1. The molecule has 2 aromatic rings. The summed E-state index contributed by atoms with van der Waals surface area (Å²) in [6.07, 6.45) is 7.57. The lowest BCUT2D eigenvalue weighted by atomic mass is 9.97. The second-order valence-electron chi connectivity index (χ2n) is 5.68. The minimum atomic E-state index is -0.241. The Balaban J connectivity index is 1.64. The molecule has 3 rings (SSSR count). The largest absolute Gasteiger partial charge is 0.325 e. The van der Waals surface area contributed by atoms with E-state index in [-0.39, 0.29) is 5.91 Å². The average Bonchev–Trinajstić information content (AvgIpc) is 3.11. The number of anilines is 1. The molecule has 2 heterocycles. The van der Waals surface area contributed by atoms with Gasteiger partial charge in [0, 0.05) is 29.6 Å². The van der Waals surface area contributed by atoms with Crippen LogP contribution in [0.3, 0.4) is 0 Å². The molecule has 1 aliphatic rings.